The van der Waals surface area contributed by atoms with E-state index in [9.17, 15) is 19.4 Å². The molecule has 3 N–H and O–H groups in total. The van der Waals surface area contributed by atoms with E-state index in [-0.39, 0.29) is 35.4 Å². The van der Waals surface area contributed by atoms with Crippen molar-refractivity contribution in [2.45, 2.75) is 57.7 Å². The number of rotatable bonds is 10. The van der Waals surface area contributed by atoms with Gasteiger partial charge in [-0.15, -0.1) is 12.6 Å². The van der Waals surface area contributed by atoms with Crippen LogP contribution in [0.15, 0.2) is 99.9 Å². The molecule has 0 saturated heterocycles. The fourth-order valence-corrected chi connectivity index (χ4v) is 5.68. The van der Waals surface area contributed by atoms with Gasteiger partial charge in [0.05, 0.1) is 6.04 Å². The molecule has 0 radical (unpaired) electrons. The van der Waals surface area contributed by atoms with Gasteiger partial charge in [-0.3, -0.25) is 9.79 Å². The number of benzene rings is 3. The number of alkyl halides is 1. The summed E-state index contributed by atoms with van der Waals surface area (Å²) in [6.07, 6.45) is 9.58. The summed E-state index contributed by atoms with van der Waals surface area (Å²) < 4.78 is 14.6. The molecular weight excluding hydrogens is 547 g/mol. The molecule has 0 bridgehead atoms. The smallest absolute Gasteiger partial charge is 0.224 e. The highest BCUT2D eigenvalue weighted by atomic mass is 32.1. The molecule has 0 aromatic heterocycles. The summed E-state index contributed by atoms with van der Waals surface area (Å²) >= 11 is 4.61. The SMILES string of the molecule is CC(C)(F)c1cc(O)ccc1NC(=O)CCc1ccc(CCCC2=CC(c3ccccc3O)=CC3=C(S)C=NC23)cc1. The molecule has 7 heteroatoms. The molecule has 0 spiro atoms. The number of hydrogen-bond acceptors (Lipinski definition) is 5. The molecule has 1 amide bonds. The minimum Gasteiger partial charge on any atom is -0.508 e. The van der Waals surface area contributed by atoms with Gasteiger partial charge in [0.2, 0.25) is 5.91 Å². The minimum absolute atomic E-state index is 0.0192. The van der Waals surface area contributed by atoms with E-state index < -0.39 is 5.67 Å². The van der Waals surface area contributed by atoms with E-state index >= 15 is 0 Å². The van der Waals surface area contributed by atoms with E-state index in [4.69, 9.17) is 0 Å². The summed E-state index contributed by atoms with van der Waals surface area (Å²) in [4.78, 5) is 18.1. The molecule has 3 aromatic carbocycles. The zero-order valence-electron chi connectivity index (χ0n) is 23.8. The highest BCUT2D eigenvalue weighted by molar-refractivity contribution is 7.85. The van der Waals surface area contributed by atoms with Crippen LogP contribution in [0.4, 0.5) is 10.1 Å². The second-order valence-corrected chi connectivity index (χ2v) is 11.8. The van der Waals surface area contributed by atoms with E-state index in [1.54, 1.807) is 6.07 Å². The number of fused-ring (bicyclic) bond motifs is 1. The second-order valence-electron chi connectivity index (χ2n) is 11.3. The molecule has 216 valence electrons. The van der Waals surface area contributed by atoms with Crippen molar-refractivity contribution in [2.75, 3.05) is 5.32 Å². The number of aromatic hydroxyl groups is 2. The third kappa shape index (κ3) is 6.85. The van der Waals surface area contributed by atoms with Crippen molar-refractivity contribution in [1.29, 1.82) is 0 Å². The van der Waals surface area contributed by atoms with Crippen LogP contribution in [0.3, 0.4) is 0 Å². The first kappa shape index (κ1) is 29.4. The Labute approximate surface area is 251 Å². The molecule has 0 fully saturated rings. The Morgan fingerprint density at radius 1 is 0.976 bits per heavy atom. The standard InChI is InChI=1S/C35H35FN2O3S/c1-35(2,36)29-20-26(39)15-16-30(29)38-33(41)17-14-23-12-10-22(11-13-23)6-5-7-24-18-25(27-8-3-4-9-31(27)40)19-28-32(42)21-37-34(24)28/h3-4,8-13,15-16,18-21,34,39-40,42H,5-7,14,17H2,1-2H3,(H,38,41). The fraction of sp³-hybridized carbons (Fsp3) is 0.257. The van der Waals surface area contributed by atoms with Crippen molar-refractivity contribution in [3.8, 4) is 11.5 Å². The van der Waals surface area contributed by atoms with Gasteiger partial charge < -0.3 is 15.5 Å². The third-order valence-corrected chi connectivity index (χ3v) is 8.04. The molecule has 42 heavy (non-hydrogen) atoms. The maximum atomic E-state index is 14.6. The van der Waals surface area contributed by atoms with Crippen molar-refractivity contribution in [3.63, 3.8) is 0 Å². The van der Waals surface area contributed by atoms with Crippen molar-refractivity contribution in [1.82, 2.24) is 0 Å². The summed E-state index contributed by atoms with van der Waals surface area (Å²) in [5, 5.41) is 22.9. The van der Waals surface area contributed by atoms with Gasteiger partial charge in [-0.1, -0.05) is 48.5 Å². The lowest BCUT2D eigenvalue weighted by atomic mass is 9.85. The molecule has 1 aliphatic heterocycles. The first-order valence-corrected chi connectivity index (χ1v) is 14.6. The highest BCUT2D eigenvalue weighted by Gasteiger charge is 2.27. The van der Waals surface area contributed by atoms with Crippen molar-refractivity contribution < 1.29 is 19.4 Å². The van der Waals surface area contributed by atoms with Crippen LogP contribution in [0, 0.1) is 0 Å². The first-order chi connectivity index (χ1) is 20.1. The lowest BCUT2D eigenvalue weighted by Crippen LogP contribution is -2.18. The number of carbonyl (C=O) groups excluding carboxylic acids is 1. The Bertz CT molecular complexity index is 1610. The highest BCUT2D eigenvalue weighted by Crippen LogP contribution is 2.39. The molecule has 1 heterocycles. The van der Waals surface area contributed by atoms with Crippen LogP contribution in [-0.2, 0) is 23.3 Å². The number of allylic oxidation sites excluding steroid dienone is 3. The lowest BCUT2D eigenvalue weighted by Gasteiger charge is -2.22. The number of nitrogens with one attached hydrogen (secondary N) is 1. The Morgan fingerprint density at radius 2 is 1.69 bits per heavy atom. The van der Waals surface area contributed by atoms with Crippen LogP contribution < -0.4 is 5.32 Å². The summed E-state index contributed by atoms with van der Waals surface area (Å²) in [5.41, 5.74) is 5.22. The van der Waals surface area contributed by atoms with Crippen LogP contribution >= 0.6 is 12.6 Å². The number of aliphatic imine (C=N–C) groups is 1. The van der Waals surface area contributed by atoms with Crippen LogP contribution in [0.2, 0.25) is 0 Å². The number of amides is 1. The summed E-state index contributed by atoms with van der Waals surface area (Å²) in [6, 6.07) is 20.0. The summed E-state index contributed by atoms with van der Waals surface area (Å²) in [5.74, 6) is 0.00352. The number of halogens is 1. The van der Waals surface area contributed by atoms with E-state index in [2.05, 4.69) is 47.2 Å². The summed E-state index contributed by atoms with van der Waals surface area (Å²) in [7, 11) is 0. The Kier molecular flexibility index (Phi) is 8.69. The van der Waals surface area contributed by atoms with Crippen LogP contribution in [0.25, 0.3) is 5.57 Å². The molecule has 1 aliphatic carbocycles. The number of thiol groups is 1. The Hall–Kier alpha value is -4.10. The van der Waals surface area contributed by atoms with Gasteiger partial charge in [0, 0.05) is 34.4 Å². The lowest BCUT2D eigenvalue weighted by molar-refractivity contribution is -0.116. The quantitative estimate of drug-likeness (QED) is 0.145. The van der Waals surface area contributed by atoms with Crippen molar-refractivity contribution >= 4 is 36.0 Å². The van der Waals surface area contributed by atoms with Crippen molar-refractivity contribution in [2.24, 2.45) is 4.99 Å². The normalized spacial score (nSPS) is 16.2. The zero-order valence-corrected chi connectivity index (χ0v) is 24.7. The molecule has 1 atom stereocenters. The number of phenolic OH excluding ortho intramolecular Hbond substituents is 2. The predicted molar refractivity (Wildman–Crippen MR) is 171 cm³/mol. The molecule has 5 nitrogen and oxygen atoms in total. The van der Waals surface area contributed by atoms with Gasteiger partial charge in [-0.05, 0) is 97.7 Å². The number of hydrogen-bond donors (Lipinski definition) is 4. The average Bonchev–Trinajstić information content (AvgIpc) is 3.34. The van der Waals surface area contributed by atoms with Gasteiger partial charge in [0.1, 0.15) is 17.2 Å². The zero-order chi connectivity index (χ0) is 29.9. The van der Waals surface area contributed by atoms with Crippen LogP contribution in [-0.4, -0.2) is 28.4 Å². The first-order valence-electron chi connectivity index (χ1n) is 14.2. The molecule has 3 aromatic rings. The minimum atomic E-state index is -1.70. The molecule has 2 aliphatic rings. The number of para-hydroxylation sites is 1. The van der Waals surface area contributed by atoms with Gasteiger partial charge in [-0.25, -0.2) is 4.39 Å². The topological polar surface area (TPSA) is 81.9 Å². The van der Waals surface area contributed by atoms with Crippen LogP contribution in [0.5, 0.6) is 11.5 Å². The molecular formula is C35H35FN2O3S. The monoisotopic (exact) mass is 582 g/mol. The number of phenols is 2. The average molecular weight is 583 g/mol. The van der Waals surface area contributed by atoms with Crippen LogP contribution in [0.1, 0.15) is 55.4 Å². The number of carbonyl (C=O) groups is 1. The Balaban J connectivity index is 1.16. The van der Waals surface area contributed by atoms with Gasteiger partial charge in [-0.2, -0.15) is 0 Å². The largest absolute Gasteiger partial charge is 0.508 e. The van der Waals surface area contributed by atoms with Crippen molar-refractivity contribution in [3.05, 3.63) is 117 Å². The maximum absolute atomic E-state index is 14.6. The third-order valence-electron chi connectivity index (χ3n) is 7.67. The van der Waals surface area contributed by atoms with Gasteiger partial charge in [0.15, 0.2) is 0 Å². The number of aryl methyl sites for hydroxylation is 2. The van der Waals surface area contributed by atoms with E-state index in [0.29, 0.717) is 12.1 Å². The van der Waals surface area contributed by atoms with Gasteiger partial charge >= 0.3 is 0 Å². The molecule has 1 unspecified atom stereocenters. The number of anilines is 1. The maximum Gasteiger partial charge on any atom is 0.224 e. The van der Waals surface area contributed by atoms with Gasteiger partial charge in [0.25, 0.3) is 0 Å². The van der Waals surface area contributed by atoms with E-state index in [1.165, 1.54) is 43.2 Å². The number of nitrogens with zero attached hydrogens (tertiary/aromatic N) is 1. The van der Waals surface area contributed by atoms with E-state index in [1.807, 2.05) is 36.5 Å². The predicted octanol–water partition coefficient (Wildman–Crippen LogP) is 7.86. The van der Waals surface area contributed by atoms with E-state index in [0.717, 1.165) is 46.4 Å². The Morgan fingerprint density at radius 3 is 2.40 bits per heavy atom. The fourth-order valence-electron chi connectivity index (χ4n) is 5.43. The second kappa shape index (κ2) is 12.4. The summed E-state index contributed by atoms with van der Waals surface area (Å²) in [6.45, 7) is 2.79. The molecule has 5 rings (SSSR count). The molecule has 0 saturated carbocycles.